The number of hydrogen-bond donors (Lipinski definition) is 1. The van der Waals surface area contributed by atoms with Crippen LogP contribution in [-0.2, 0) is 6.18 Å². The van der Waals surface area contributed by atoms with Gasteiger partial charge in [0, 0.05) is 24.0 Å². The highest BCUT2D eigenvalue weighted by molar-refractivity contribution is 6.09. The van der Waals surface area contributed by atoms with Crippen molar-refractivity contribution in [2.75, 3.05) is 11.4 Å². The minimum absolute atomic E-state index is 0.174. The van der Waals surface area contributed by atoms with E-state index in [2.05, 4.69) is 10.1 Å². The molecule has 3 heterocycles. The highest BCUT2D eigenvalue weighted by Crippen LogP contribution is 2.35. The van der Waals surface area contributed by atoms with Crippen molar-refractivity contribution in [2.24, 2.45) is 0 Å². The zero-order valence-electron chi connectivity index (χ0n) is 16.3. The normalized spacial score (nSPS) is 17.7. The lowest BCUT2D eigenvalue weighted by atomic mass is 10.0. The fourth-order valence-electron chi connectivity index (χ4n) is 3.57. The second kappa shape index (κ2) is 7.24. The van der Waals surface area contributed by atoms with Gasteiger partial charge in [-0.05, 0) is 55.8 Å². The molecule has 1 amide bonds. The number of hydrogen-bond acceptors (Lipinski definition) is 4. The highest BCUT2D eigenvalue weighted by Gasteiger charge is 2.35. The van der Waals surface area contributed by atoms with Crippen molar-refractivity contribution in [1.29, 1.82) is 0 Å². The largest absolute Gasteiger partial charge is 0.416 e. The third-order valence-electron chi connectivity index (χ3n) is 5.13. The molecule has 3 aromatic rings. The van der Waals surface area contributed by atoms with E-state index in [1.54, 1.807) is 36.1 Å². The Morgan fingerprint density at radius 1 is 1.20 bits per heavy atom. The fourth-order valence-corrected chi connectivity index (χ4v) is 3.57. The minimum atomic E-state index is -4.44. The predicted octanol–water partition coefficient (Wildman–Crippen LogP) is 4.24. The summed E-state index contributed by atoms with van der Waals surface area (Å²) in [6, 6.07) is 7.78. The SMILES string of the molecule is CC(O)c1cc(-c2cnn3c2C(=O)N(c2ccc(C(F)(F)F)cc2)C[C@@H]3C)ccn1. The lowest BCUT2D eigenvalue weighted by Crippen LogP contribution is -2.42. The molecule has 0 saturated carbocycles. The Bertz CT molecular complexity index is 1090. The van der Waals surface area contributed by atoms with Gasteiger partial charge in [0.2, 0.25) is 0 Å². The van der Waals surface area contributed by atoms with E-state index < -0.39 is 17.8 Å². The summed E-state index contributed by atoms with van der Waals surface area (Å²) >= 11 is 0. The van der Waals surface area contributed by atoms with E-state index in [1.807, 2.05) is 6.92 Å². The molecule has 30 heavy (non-hydrogen) atoms. The molecule has 1 unspecified atom stereocenters. The number of rotatable bonds is 3. The Labute approximate surface area is 170 Å². The van der Waals surface area contributed by atoms with Gasteiger partial charge in [-0.2, -0.15) is 18.3 Å². The first kappa shape index (κ1) is 20.1. The third kappa shape index (κ3) is 3.45. The van der Waals surface area contributed by atoms with Crippen LogP contribution < -0.4 is 4.90 Å². The van der Waals surface area contributed by atoms with E-state index in [9.17, 15) is 23.1 Å². The maximum absolute atomic E-state index is 13.3. The molecule has 0 bridgehead atoms. The molecular weight excluding hydrogens is 397 g/mol. The molecule has 2 aromatic heterocycles. The Hall–Kier alpha value is -3.20. The Morgan fingerprint density at radius 2 is 1.90 bits per heavy atom. The van der Waals surface area contributed by atoms with E-state index in [0.29, 0.717) is 28.2 Å². The van der Waals surface area contributed by atoms with Gasteiger partial charge >= 0.3 is 6.18 Å². The lowest BCUT2D eigenvalue weighted by Gasteiger charge is -2.32. The van der Waals surface area contributed by atoms with Gasteiger partial charge in [0.25, 0.3) is 5.91 Å². The van der Waals surface area contributed by atoms with Gasteiger partial charge < -0.3 is 10.0 Å². The first-order valence-corrected chi connectivity index (χ1v) is 9.38. The zero-order chi connectivity index (χ0) is 21.6. The minimum Gasteiger partial charge on any atom is -0.387 e. The van der Waals surface area contributed by atoms with Crippen LogP contribution in [0.3, 0.4) is 0 Å². The number of carbonyl (C=O) groups excluding carboxylic acids is 1. The van der Waals surface area contributed by atoms with Crippen molar-refractivity contribution < 1.29 is 23.1 Å². The van der Waals surface area contributed by atoms with Gasteiger partial charge in [-0.25, -0.2) is 0 Å². The van der Waals surface area contributed by atoms with Crippen LogP contribution in [-0.4, -0.2) is 32.3 Å². The van der Waals surface area contributed by atoms with Crippen molar-refractivity contribution in [3.8, 4) is 11.1 Å². The summed E-state index contributed by atoms with van der Waals surface area (Å²) in [4.78, 5) is 18.9. The highest BCUT2D eigenvalue weighted by atomic mass is 19.4. The Morgan fingerprint density at radius 3 is 2.53 bits per heavy atom. The number of carbonyl (C=O) groups is 1. The van der Waals surface area contributed by atoms with Gasteiger partial charge in [0.05, 0.1) is 29.6 Å². The average Bonchev–Trinajstić information content (AvgIpc) is 3.16. The second-order valence-corrected chi connectivity index (χ2v) is 7.31. The molecule has 1 aliphatic rings. The molecule has 0 radical (unpaired) electrons. The summed E-state index contributed by atoms with van der Waals surface area (Å²) < 4.78 is 40.2. The number of benzene rings is 1. The average molecular weight is 416 g/mol. The van der Waals surface area contributed by atoms with E-state index in [0.717, 1.165) is 12.1 Å². The summed E-state index contributed by atoms with van der Waals surface area (Å²) in [5.41, 5.74) is 1.68. The molecule has 1 aromatic carbocycles. The fraction of sp³-hybridized carbons (Fsp3) is 0.286. The molecule has 9 heteroatoms. The number of anilines is 1. The van der Waals surface area contributed by atoms with Crippen LogP contribution in [0.25, 0.3) is 11.1 Å². The van der Waals surface area contributed by atoms with Crippen molar-refractivity contribution in [3.05, 3.63) is 65.7 Å². The predicted molar refractivity (Wildman–Crippen MR) is 104 cm³/mol. The molecule has 1 N–H and O–H groups in total. The summed E-state index contributed by atoms with van der Waals surface area (Å²) in [6.07, 6.45) is -2.08. The van der Waals surface area contributed by atoms with Gasteiger partial charge in [-0.3, -0.25) is 14.5 Å². The van der Waals surface area contributed by atoms with Crippen LogP contribution in [0.4, 0.5) is 18.9 Å². The van der Waals surface area contributed by atoms with Crippen LogP contribution in [0.5, 0.6) is 0 Å². The topological polar surface area (TPSA) is 71.2 Å². The van der Waals surface area contributed by atoms with E-state index in [4.69, 9.17) is 0 Å². The number of aliphatic hydroxyl groups excluding tert-OH is 1. The number of alkyl halides is 3. The van der Waals surface area contributed by atoms with Gasteiger partial charge in [-0.1, -0.05) is 0 Å². The van der Waals surface area contributed by atoms with Crippen LogP contribution in [0, 0.1) is 0 Å². The Balaban J connectivity index is 1.74. The number of halogens is 3. The molecule has 4 rings (SSSR count). The zero-order valence-corrected chi connectivity index (χ0v) is 16.3. The number of aromatic nitrogens is 3. The maximum atomic E-state index is 13.3. The van der Waals surface area contributed by atoms with E-state index in [1.165, 1.54) is 17.0 Å². The molecule has 2 atom stereocenters. The van der Waals surface area contributed by atoms with Crippen LogP contribution in [0.1, 0.15) is 47.7 Å². The van der Waals surface area contributed by atoms with Crippen LogP contribution in [0.15, 0.2) is 48.8 Å². The number of nitrogens with zero attached hydrogens (tertiary/aromatic N) is 4. The first-order chi connectivity index (χ1) is 14.2. The Kier molecular flexibility index (Phi) is 4.85. The summed E-state index contributed by atoms with van der Waals surface area (Å²) in [7, 11) is 0. The second-order valence-electron chi connectivity index (χ2n) is 7.31. The number of aliphatic hydroxyl groups is 1. The van der Waals surface area contributed by atoms with Crippen molar-refractivity contribution >= 4 is 11.6 Å². The van der Waals surface area contributed by atoms with Gasteiger partial charge in [-0.15, -0.1) is 0 Å². The molecule has 0 aliphatic carbocycles. The third-order valence-corrected chi connectivity index (χ3v) is 5.13. The van der Waals surface area contributed by atoms with Crippen LogP contribution in [0.2, 0.25) is 0 Å². The summed E-state index contributed by atoms with van der Waals surface area (Å²) in [5, 5.41) is 14.2. The number of fused-ring (bicyclic) bond motifs is 1. The van der Waals surface area contributed by atoms with Gasteiger partial charge in [0.1, 0.15) is 5.69 Å². The van der Waals surface area contributed by atoms with Crippen LogP contribution >= 0.6 is 0 Å². The molecule has 0 saturated heterocycles. The number of amides is 1. The van der Waals surface area contributed by atoms with E-state index in [-0.39, 0.29) is 18.5 Å². The number of pyridine rings is 1. The van der Waals surface area contributed by atoms with Crippen molar-refractivity contribution in [1.82, 2.24) is 14.8 Å². The van der Waals surface area contributed by atoms with Gasteiger partial charge in [0.15, 0.2) is 0 Å². The van der Waals surface area contributed by atoms with E-state index >= 15 is 0 Å². The molecule has 0 spiro atoms. The quantitative estimate of drug-likeness (QED) is 0.693. The molecular formula is C21H19F3N4O2. The lowest BCUT2D eigenvalue weighted by molar-refractivity contribution is -0.137. The molecule has 1 aliphatic heterocycles. The van der Waals surface area contributed by atoms with Crippen molar-refractivity contribution in [3.63, 3.8) is 0 Å². The summed E-state index contributed by atoms with van der Waals surface area (Å²) in [5.74, 6) is -0.351. The molecule has 0 fully saturated rings. The molecule has 156 valence electrons. The molecule has 6 nitrogen and oxygen atoms in total. The summed E-state index contributed by atoms with van der Waals surface area (Å²) in [6.45, 7) is 3.77. The standard InChI is InChI=1S/C21H19F3N4O2/c1-12-11-27(16-5-3-15(4-6-16)21(22,23)24)20(30)19-17(10-26-28(12)19)14-7-8-25-18(9-14)13(2)29/h3-10,12-13,29H,11H2,1-2H3/t12-,13?/m0/s1. The first-order valence-electron chi connectivity index (χ1n) is 9.38. The smallest absolute Gasteiger partial charge is 0.387 e. The monoisotopic (exact) mass is 416 g/mol. The maximum Gasteiger partial charge on any atom is 0.416 e. The van der Waals surface area contributed by atoms with Crippen molar-refractivity contribution in [2.45, 2.75) is 32.2 Å².